The molecule has 0 radical (unpaired) electrons. The van der Waals surface area contributed by atoms with Crippen LogP contribution in [0.25, 0.3) is 0 Å². The zero-order valence-corrected chi connectivity index (χ0v) is 11.9. The predicted molar refractivity (Wildman–Crippen MR) is 71.9 cm³/mol. The largest absolute Gasteiger partial charge is 0.468 e. The molecule has 2 fully saturated rings. The van der Waals surface area contributed by atoms with Crippen LogP contribution in [0.1, 0.15) is 40.0 Å². The van der Waals surface area contributed by atoms with Gasteiger partial charge in [-0.25, -0.2) is 0 Å². The molecule has 0 heterocycles. The van der Waals surface area contributed by atoms with Gasteiger partial charge < -0.3 is 10.5 Å². The maximum Gasteiger partial charge on any atom is 0.326 e. The SMILES string of the molecule is COC(=O)C(N)C=CC1C2(C)CCC(C2)C1(C)C. The molecule has 18 heavy (non-hydrogen) atoms. The number of hydrogen-bond acceptors (Lipinski definition) is 3. The monoisotopic (exact) mass is 251 g/mol. The molecule has 2 rings (SSSR count). The fourth-order valence-electron chi connectivity index (χ4n) is 4.27. The third kappa shape index (κ3) is 1.99. The molecule has 0 aromatic carbocycles. The van der Waals surface area contributed by atoms with Crippen molar-refractivity contribution >= 4 is 5.97 Å². The van der Waals surface area contributed by atoms with Crippen LogP contribution in [0.3, 0.4) is 0 Å². The predicted octanol–water partition coefficient (Wildman–Crippen LogP) is 2.51. The highest BCUT2D eigenvalue weighted by Gasteiger charge is 2.57. The summed E-state index contributed by atoms with van der Waals surface area (Å²) in [5.74, 6) is 0.961. The number of hydrogen-bond donors (Lipinski definition) is 1. The van der Waals surface area contributed by atoms with E-state index in [2.05, 4.69) is 31.6 Å². The molecule has 2 saturated carbocycles. The Kier molecular flexibility index (Phi) is 3.30. The highest BCUT2D eigenvalue weighted by atomic mass is 16.5. The topological polar surface area (TPSA) is 52.3 Å². The van der Waals surface area contributed by atoms with E-state index in [0.29, 0.717) is 16.7 Å². The van der Waals surface area contributed by atoms with Crippen LogP contribution in [0.4, 0.5) is 0 Å². The molecule has 0 aromatic heterocycles. The zero-order valence-electron chi connectivity index (χ0n) is 11.9. The molecule has 0 spiro atoms. The second kappa shape index (κ2) is 4.37. The van der Waals surface area contributed by atoms with Crippen LogP contribution in [0, 0.1) is 22.7 Å². The van der Waals surface area contributed by atoms with E-state index in [1.807, 2.05) is 6.08 Å². The molecule has 2 bridgehead atoms. The molecular weight excluding hydrogens is 226 g/mol. The summed E-state index contributed by atoms with van der Waals surface area (Å²) < 4.78 is 4.65. The molecule has 0 amide bonds. The summed E-state index contributed by atoms with van der Waals surface area (Å²) in [5, 5.41) is 0. The van der Waals surface area contributed by atoms with Gasteiger partial charge in [0.05, 0.1) is 7.11 Å². The smallest absolute Gasteiger partial charge is 0.326 e. The molecule has 3 heteroatoms. The minimum atomic E-state index is -0.631. The van der Waals surface area contributed by atoms with Crippen molar-refractivity contribution < 1.29 is 9.53 Å². The zero-order chi connectivity index (χ0) is 13.6. The first-order valence-electron chi connectivity index (χ1n) is 6.83. The number of carbonyl (C=O) groups is 1. The summed E-state index contributed by atoms with van der Waals surface area (Å²) in [5.41, 5.74) is 6.48. The number of rotatable bonds is 3. The summed E-state index contributed by atoms with van der Waals surface area (Å²) in [6.45, 7) is 7.07. The lowest BCUT2D eigenvalue weighted by molar-refractivity contribution is -0.140. The number of nitrogens with two attached hydrogens (primary N) is 1. The molecule has 4 atom stereocenters. The van der Waals surface area contributed by atoms with E-state index in [4.69, 9.17) is 5.73 Å². The molecule has 2 aliphatic carbocycles. The van der Waals surface area contributed by atoms with Crippen LogP contribution in [0.15, 0.2) is 12.2 Å². The van der Waals surface area contributed by atoms with Crippen LogP contribution in [0.2, 0.25) is 0 Å². The Morgan fingerprint density at radius 3 is 2.61 bits per heavy atom. The second-order valence-corrected chi connectivity index (χ2v) is 6.83. The van der Waals surface area contributed by atoms with Crippen molar-refractivity contribution in [2.75, 3.05) is 7.11 Å². The normalized spacial score (nSPS) is 39.2. The highest BCUT2D eigenvalue weighted by molar-refractivity contribution is 5.77. The molecule has 102 valence electrons. The second-order valence-electron chi connectivity index (χ2n) is 6.83. The van der Waals surface area contributed by atoms with Gasteiger partial charge in [-0.1, -0.05) is 32.9 Å². The van der Waals surface area contributed by atoms with Crippen molar-refractivity contribution in [1.82, 2.24) is 0 Å². The number of ether oxygens (including phenoxy) is 1. The van der Waals surface area contributed by atoms with Gasteiger partial charge in [-0.05, 0) is 41.9 Å². The Hall–Kier alpha value is -0.830. The summed E-state index contributed by atoms with van der Waals surface area (Å²) in [7, 11) is 1.37. The molecule has 0 saturated heterocycles. The summed E-state index contributed by atoms with van der Waals surface area (Å²) in [6, 6.07) is -0.631. The van der Waals surface area contributed by atoms with Gasteiger partial charge in [-0.15, -0.1) is 0 Å². The number of fused-ring (bicyclic) bond motifs is 2. The summed E-state index contributed by atoms with van der Waals surface area (Å²) >= 11 is 0. The third-order valence-corrected chi connectivity index (χ3v) is 5.37. The number of esters is 1. The lowest BCUT2D eigenvalue weighted by Gasteiger charge is -2.41. The van der Waals surface area contributed by atoms with Crippen molar-refractivity contribution in [2.45, 2.75) is 46.1 Å². The van der Waals surface area contributed by atoms with E-state index >= 15 is 0 Å². The van der Waals surface area contributed by atoms with Gasteiger partial charge in [0, 0.05) is 0 Å². The molecule has 0 aromatic rings. The average molecular weight is 251 g/mol. The minimum Gasteiger partial charge on any atom is -0.468 e. The Bertz CT molecular complexity index is 370. The molecule has 2 N–H and O–H groups in total. The number of carbonyl (C=O) groups excluding carboxylic acids is 1. The van der Waals surface area contributed by atoms with Gasteiger partial charge in [0.25, 0.3) is 0 Å². The Balaban J connectivity index is 2.14. The van der Waals surface area contributed by atoms with Crippen molar-refractivity contribution in [3.8, 4) is 0 Å². The lowest BCUT2D eigenvalue weighted by atomic mass is 9.64. The maximum atomic E-state index is 11.3. The van der Waals surface area contributed by atoms with E-state index in [9.17, 15) is 4.79 Å². The molecule has 3 nitrogen and oxygen atoms in total. The van der Waals surface area contributed by atoms with Crippen LogP contribution in [-0.2, 0) is 9.53 Å². The average Bonchev–Trinajstić information content (AvgIpc) is 2.78. The van der Waals surface area contributed by atoms with Crippen molar-refractivity contribution in [1.29, 1.82) is 0 Å². The summed E-state index contributed by atoms with van der Waals surface area (Å²) in [4.78, 5) is 11.3. The Labute approximate surface area is 110 Å². The van der Waals surface area contributed by atoms with E-state index in [1.165, 1.54) is 26.4 Å². The van der Waals surface area contributed by atoms with Gasteiger partial charge in [0.2, 0.25) is 0 Å². The molecular formula is C15H25NO2. The highest BCUT2D eigenvalue weighted by Crippen LogP contribution is 2.66. The van der Waals surface area contributed by atoms with Crippen molar-refractivity contribution in [3.63, 3.8) is 0 Å². The summed E-state index contributed by atoms with van der Waals surface area (Å²) in [6.07, 6.45) is 7.94. The molecule has 4 unspecified atom stereocenters. The standard InChI is InChI=1S/C15H25NO2/c1-14(2)10-7-8-15(3,9-10)12(14)6-5-11(16)13(17)18-4/h5-6,10-12H,7-9,16H2,1-4H3. The first kappa shape index (κ1) is 13.6. The van der Waals surface area contributed by atoms with Crippen molar-refractivity contribution in [3.05, 3.63) is 12.2 Å². The van der Waals surface area contributed by atoms with Crippen LogP contribution < -0.4 is 5.73 Å². The van der Waals surface area contributed by atoms with Crippen molar-refractivity contribution in [2.24, 2.45) is 28.4 Å². The fraction of sp³-hybridized carbons (Fsp3) is 0.800. The van der Waals surface area contributed by atoms with E-state index in [0.717, 1.165) is 5.92 Å². The maximum absolute atomic E-state index is 11.3. The fourth-order valence-corrected chi connectivity index (χ4v) is 4.27. The van der Waals surface area contributed by atoms with E-state index < -0.39 is 6.04 Å². The van der Waals surface area contributed by atoms with Crippen LogP contribution in [0.5, 0.6) is 0 Å². The van der Waals surface area contributed by atoms with Gasteiger partial charge in [0.1, 0.15) is 6.04 Å². The Morgan fingerprint density at radius 2 is 2.11 bits per heavy atom. The van der Waals surface area contributed by atoms with E-state index in [-0.39, 0.29) is 5.97 Å². The number of allylic oxidation sites excluding steroid dienone is 1. The third-order valence-electron chi connectivity index (χ3n) is 5.37. The minimum absolute atomic E-state index is 0.319. The van der Waals surface area contributed by atoms with Crippen LogP contribution in [-0.4, -0.2) is 19.1 Å². The number of methoxy groups -OCH3 is 1. The Morgan fingerprint density at radius 1 is 1.44 bits per heavy atom. The van der Waals surface area contributed by atoms with Crippen LogP contribution >= 0.6 is 0 Å². The first-order chi connectivity index (χ1) is 8.31. The quantitative estimate of drug-likeness (QED) is 0.619. The lowest BCUT2D eigenvalue weighted by Crippen LogP contribution is -2.35. The molecule has 0 aliphatic heterocycles. The molecule has 2 aliphatic rings. The first-order valence-corrected chi connectivity index (χ1v) is 6.83. The van der Waals surface area contributed by atoms with E-state index in [1.54, 1.807) is 0 Å². The van der Waals surface area contributed by atoms with Gasteiger partial charge in [-0.2, -0.15) is 0 Å². The van der Waals surface area contributed by atoms with Gasteiger partial charge >= 0.3 is 5.97 Å². The van der Waals surface area contributed by atoms with Gasteiger partial charge in [-0.3, -0.25) is 4.79 Å². The van der Waals surface area contributed by atoms with Gasteiger partial charge in [0.15, 0.2) is 0 Å².